The quantitative estimate of drug-likeness (QED) is 0.824. The Hall–Kier alpha value is -0.930. The molecule has 3 nitrogen and oxygen atoms in total. The minimum absolute atomic E-state index is 0.729. The van der Waals surface area contributed by atoms with Gasteiger partial charge in [-0.2, -0.15) is 0 Å². The lowest BCUT2D eigenvalue weighted by atomic mass is 9.97. The van der Waals surface area contributed by atoms with E-state index in [0.717, 1.165) is 28.9 Å². The molecule has 1 aromatic carbocycles. The second kappa shape index (κ2) is 6.30. The van der Waals surface area contributed by atoms with E-state index in [1.54, 1.807) is 0 Å². The van der Waals surface area contributed by atoms with Crippen molar-refractivity contribution < 1.29 is 0 Å². The van der Waals surface area contributed by atoms with Crippen LogP contribution >= 0.6 is 11.6 Å². The third-order valence-corrected chi connectivity index (χ3v) is 3.99. The highest BCUT2D eigenvalue weighted by Gasteiger charge is 2.17. The van der Waals surface area contributed by atoms with Gasteiger partial charge in [0.05, 0.1) is 11.4 Å². The number of anilines is 2. The molecule has 100 valence electrons. The van der Waals surface area contributed by atoms with Crippen molar-refractivity contribution in [2.75, 3.05) is 37.2 Å². The van der Waals surface area contributed by atoms with Gasteiger partial charge in [0.25, 0.3) is 0 Å². The summed E-state index contributed by atoms with van der Waals surface area (Å²) in [6.45, 7) is 6.82. The average molecular weight is 268 g/mol. The molecule has 4 heteroatoms. The summed E-state index contributed by atoms with van der Waals surface area (Å²) < 4.78 is 0. The second-order valence-corrected chi connectivity index (χ2v) is 5.43. The Bertz CT molecular complexity index is 387. The number of halogens is 1. The lowest BCUT2D eigenvalue weighted by molar-refractivity contribution is 0.198. The van der Waals surface area contributed by atoms with E-state index < -0.39 is 0 Å². The Balaban J connectivity index is 1.83. The lowest BCUT2D eigenvalue weighted by Crippen LogP contribution is -2.35. The molecule has 0 radical (unpaired) electrons. The summed E-state index contributed by atoms with van der Waals surface area (Å²) in [7, 11) is 0. The number of hydrogen-bond acceptors (Lipinski definition) is 3. The monoisotopic (exact) mass is 267 g/mol. The molecule has 0 bridgehead atoms. The molecule has 0 atom stereocenters. The molecule has 0 amide bonds. The zero-order valence-electron chi connectivity index (χ0n) is 11.0. The summed E-state index contributed by atoms with van der Waals surface area (Å²) in [6.07, 6.45) is 2.53. The Kier molecular flexibility index (Phi) is 4.72. The molecule has 3 N–H and O–H groups in total. The fourth-order valence-corrected chi connectivity index (χ4v) is 2.61. The van der Waals surface area contributed by atoms with Crippen molar-refractivity contribution in [3.8, 4) is 0 Å². The number of piperidine rings is 1. The molecule has 1 fully saturated rings. The van der Waals surface area contributed by atoms with Crippen LogP contribution in [0.2, 0.25) is 5.02 Å². The predicted octanol–water partition coefficient (Wildman–Crippen LogP) is 3.07. The van der Waals surface area contributed by atoms with Crippen LogP contribution in [0.15, 0.2) is 18.2 Å². The van der Waals surface area contributed by atoms with E-state index in [4.69, 9.17) is 17.3 Å². The Morgan fingerprint density at radius 3 is 2.78 bits per heavy atom. The van der Waals surface area contributed by atoms with Crippen LogP contribution in [0.1, 0.15) is 19.8 Å². The van der Waals surface area contributed by atoms with E-state index in [-0.39, 0.29) is 0 Å². The van der Waals surface area contributed by atoms with Crippen molar-refractivity contribution in [2.45, 2.75) is 19.8 Å². The Labute approximate surface area is 114 Å². The van der Waals surface area contributed by atoms with Gasteiger partial charge in [-0.1, -0.05) is 18.5 Å². The molecule has 0 unspecified atom stereocenters. The fraction of sp³-hybridized carbons (Fsp3) is 0.571. The van der Waals surface area contributed by atoms with E-state index in [1.165, 1.54) is 32.5 Å². The zero-order chi connectivity index (χ0) is 13.0. The maximum Gasteiger partial charge on any atom is 0.0588 e. The molecule has 0 aliphatic carbocycles. The summed E-state index contributed by atoms with van der Waals surface area (Å²) in [5.41, 5.74) is 7.65. The van der Waals surface area contributed by atoms with Crippen molar-refractivity contribution in [1.29, 1.82) is 0 Å². The van der Waals surface area contributed by atoms with Gasteiger partial charge in [0.2, 0.25) is 0 Å². The highest BCUT2D eigenvalue weighted by atomic mass is 35.5. The highest BCUT2D eigenvalue weighted by Crippen LogP contribution is 2.24. The third-order valence-electron chi connectivity index (χ3n) is 3.75. The average Bonchev–Trinajstić information content (AvgIpc) is 2.40. The van der Waals surface area contributed by atoms with Crippen LogP contribution in [0.3, 0.4) is 0 Å². The first-order chi connectivity index (χ1) is 8.69. The van der Waals surface area contributed by atoms with E-state index in [9.17, 15) is 0 Å². The van der Waals surface area contributed by atoms with E-state index in [1.807, 2.05) is 18.2 Å². The maximum absolute atomic E-state index is 5.97. The molecule has 2 rings (SSSR count). The third kappa shape index (κ3) is 3.53. The molecule has 1 saturated heterocycles. The highest BCUT2D eigenvalue weighted by molar-refractivity contribution is 6.31. The Morgan fingerprint density at radius 2 is 2.11 bits per heavy atom. The number of likely N-dealkylation sites (tertiary alicyclic amines) is 1. The number of benzene rings is 1. The number of nitrogens with one attached hydrogen (secondary N) is 1. The number of nitrogens with two attached hydrogens (primary N) is 1. The fourth-order valence-electron chi connectivity index (χ4n) is 2.44. The van der Waals surface area contributed by atoms with Gasteiger partial charge in [0.1, 0.15) is 0 Å². The Morgan fingerprint density at radius 1 is 1.39 bits per heavy atom. The van der Waals surface area contributed by atoms with E-state index in [2.05, 4.69) is 17.1 Å². The maximum atomic E-state index is 5.97. The summed E-state index contributed by atoms with van der Waals surface area (Å²) in [6, 6.07) is 5.57. The zero-order valence-corrected chi connectivity index (χ0v) is 11.7. The van der Waals surface area contributed by atoms with Crippen molar-refractivity contribution in [2.24, 2.45) is 5.92 Å². The largest absolute Gasteiger partial charge is 0.397 e. The SMILES string of the molecule is CCN1CCC(CNc2cc(Cl)ccc2N)CC1. The van der Waals surface area contributed by atoms with Crippen molar-refractivity contribution >= 4 is 23.0 Å². The van der Waals surface area contributed by atoms with Gasteiger partial charge >= 0.3 is 0 Å². The summed E-state index contributed by atoms with van der Waals surface area (Å²) in [5, 5.41) is 4.16. The second-order valence-electron chi connectivity index (χ2n) is 4.99. The van der Waals surface area contributed by atoms with Gasteiger partial charge in [-0.3, -0.25) is 0 Å². The number of nitrogens with zero attached hydrogens (tertiary/aromatic N) is 1. The molecule has 1 aliphatic heterocycles. The van der Waals surface area contributed by atoms with Gasteiger partial charge in [0, 0.05) is 11.6 Å². The topological polar surface area (TPSA) is 41.3 Å². The normalized spacial score (nSPS) is 17.9. The lowest BCUT2D eigenvalue weighted by Gasteiger charge is -2.31. The van der Waals surface area contributed by atoms with E-state index >= 15 is 0 Å². The van der Waals surface area contributed by atoms with Gasteiger partial charge in [-0.15, -0.1) is 0 Å². The smallest absolute Gasteiger partial charge is 0.0588 e. The molecule has 1 aliphatic rings. The molecular weight excluding hydrogens is 246 g/mol. The van der Waals surface area contributed by atoms with Gasteiger partial charge in [-0.05, 0) is 56.6 Å². The summed E-state index contributed by atoms with van der Waals surface area (Å²) in [4.78, 5) is 2.50. The van der Waals surface area contributed by atoms with Crippen LogP contribution in [-0.4, -0.2) is 31.1 Å². The van der Waals surface area contributed by atoms with Crippen molar-refractivity contribution in [3.63, 3.8) is 0 Å². The first kappa shape index (κ1) is 13.5. The van der Waals surface area contributed by atoms with Crippen molar-refractivity contribution in [3.05, 3.63) is 23.2 Å². The van der Waals surface area contributed by atoms with Crippen LogP contribution in [-0.2, 0) is 0 Å². The predicted molar refractivity (Wildman–Crippen MR) is 79.2 cm³/mol. The summed E-state index contributed by atoms with van der Waals surface area (Å²) in [5.74, 6) is 0.742. The van der Waals surface area contributed by atoms with Crippen LogP contribution in [0, 0.1) is 5.92 Å². The van der Waals surface area contributed by atoms with Gasteiger partial charge in [0.15, 0.2) is 0 Å². The molecular formula is C14H22ClN3. The molecule has 0 spiro atoms. The minimum Gasteiger partial charge on any atom is -0.397 e. The molecule has 0 aromatic heterocycles. The molecule has 0 saturated carbocycles. The van der Waals surface area contributed by atoms with Crippen LogP contribution in [0.5, 0.6) is 0 Å². The van der Waals surface area contributed by atoms with Crippen LogP contribution in [0.25, 0.3) is 0 Å². The van der Waals surface area contributed by atoms with Crippen LogP contribution < -0.4 is 11.1 Å². The summed E-state index contributed by atoms with van der Waals surface area (Å²) >= 11 is 5.97. The minimum atomic E-state index is 0.729. The number of nitrogen functional groups attached to an aromatic ring is 1. The van der Waals surface area contributed by atoms with Gasteiger partial charge < -0.3 is 16.0 Å². The number of rotatable bonds is 4. The van der Waals surface area contributed by atoms with Gasteiger partial charge in [-0.25, -0.2) is 0 Å². The first-order valence-corrected chi connectivity index (χ1v) is 7.08. The first-order valence-electron chi connectivity index (χ1n) is 6.70. The van der Waals surface area contributed by atoms with Crippen LogP contribution in [0.4, 0.5) is 11.4 Å². The van der Waals surface area contributed by atoms with E-state index in [0.29, 0.717) is 0 Å². The molecule has 1 heterocycles. The number of hydrogen-bond donors (Lipinski definition) is 2. The molecule has 1 aromatic rings. The standard InChI is InChI=1S/C14H22ClN3/c1-2-18-7-5-11(6-8-18)10-17-14-9-12(15)3-4-13(14)16/h3-4,9,11,17H,2,5-8,10,16H2,1H3. The molecule has 18 heavy (non-hydrogen) atoms. The van der Waals surface area contributed by atoms with Crippen molar-refractivity contribution in [1.82, 2.24) is 4.90 Å².